The van der Waals surface area contributed by atoms with Gasteiger partial charge in [-0.3, -0.25) is 14.9 Å². The van der Waals surface area contributed by atoms with E-state index in [-0.39, 0.29) is 29.5 Å². The number of hydrogen-bond donors (Lipinski definition) is 3. The van der Waals surface area contributed by atoms with Crippen LogP contribution in [0.4, 0.5) is 11.4 Å². The molecule has 0 bridgehead atoms. The summed E-state index contributed by atoms with van der Waals surface area (Å²) in [5.41, 5.74) is -0.441. The van der Waals surface area contributed by atoms with Gasteiger partial charge in [-0.15, -0.1) is 0 Å². The van der Waals surface area contributed by atoms with Crippen molar-refractivity contribution in [3.63, 3.8) is 0 Å². The Morgan fingerprint density at radius 1 is 1.48 bits per heavy atom. The largest absolute Gasteiger partial charge is 0.505 e. The number of nitro groups is 1. The van der Waals surface area contributed by atoms with Crippen LogP contribution in [0.1, 0.15) is 32.1 Å². The predicted molar refractivity (Wildman–Crippen MR) is 78.3 cm³/mol. The summed E-state index contributed by atoms with van der Waals surface area (Å²) in [5.74, 6) is -0.625. The van der Waals surface area contributed by atoms with Crippen LogP contribution in [0, 0.1) is 10.1 Å². The molecular formula is C14H19N3O4. The minimum atomic E-state index is -0.627. The topological polar surface area (TPSA) is 104 Å². The minimum absolute atomic E-state index is 0.135. The monoisotopic (exact) mass is 293 g/mol. The number of piperidine rings is 1. The number of benzene rings is 1. The van der Waals surface area contributed by atoms with Crippen molar-refractivity contribution in [2.75, 3.05) is 11.9 Å². The summed E-state index contributed by atoms with van der Waals surface area (Å²) < 4.78 is 0. The number of amides is 1. The van der Waals surface area contributed by atoms with Crippen molar-refractivity contribution in [2.24, 2.45) is 0 Å². The minimum Gasteiger partial charge on any atom is -0.505 e. The number of phenols is 1. The van der Waals surface area contributed by atoms with Crippen LogP contribution in [0.25, 0.3) is 0 Å². The molecule has 7 nitrogen and oxygen atoms in total. The van der Waals surface area contributed by atoms with E-state index in [2.05, 4.69) is 10.6 Å². The fraction of sp³-hybridized carbons (Fsp3) is 0.500. The zero-order valence-electron chi connectivity index (χ0n) is 11.7. The standard InChI is InChI=1S/C14H19N3O4/c18-12-6-3-5-11(17(20)21)14(12)16-13(19)8-7-10-4-1-2-9-15-10/h3,5-6,10,15,18H,1-2,4,7-9H2,(H,16,19). The molecule has 1 aliphatic rings. The highest BCUT2D eigenvalue weighted by Gasteiger charge is 2.20. The molecule has 1 unspecified atom stereocenters. The number of anilines is 1. The highest BCUT2D eigenvalue weighted by atomic mass is 16.6. The van der Waals surface area contributed by atoms with E-state index in [0.717, 1.165) is 25.8 Å². The third-order valence-corrected chi connectivity index (χ3v) is 3.61. The smallest absolute Gasteiger partial charge is 0.296 e. The molecule has 114 valence electrons. The van der Waals surface area contributed by atoms with E-state index in [1.165, 1.54) is 18.2 Å². The van der Waals surface area contributed by atoms with E-state index in [1.54, 1.807) is 0 Å². The molecule has 21 heavy (non-hydrogen) atoms. The highest BCUT2D eigenvalue weighted by Crippen LogP contribution is 2.33. The van der Waals surface area contributed by atoms with E-state index < -0.39 is 4.92 Å². The van der Waals surface area contributed by atoms with Gasteiger partial charge in [0.15, 0.2) is 5.69 Å². The van der Waals surface area contributed by atoms with Crippen molar-refractivity contribution >= 4 is 17.3 Å². The first-order chi connectivity index (χ1) is 10.1. The lowest BCUT2D eigenvalue weighted by molar-refractivity contribution is -0.384. The van der Waals surface area contributed by atoms with Gasteiger partial charge in [-0.25, -0.2) is 0 Å². The molecule has 7 heteroatoms. The van der Waals surface area contributed by atoms with Gasteiger partial charge in [0, 0.05) is 18.5 Å². The van der Waals surface area contributed by atoms with Gasteiger partial charge in [0.2, 0.25) is 5.91 Å². The van der Waals surface area contributed by atoms with Gasteiger partial charge in [0.1, 0.15) is 5.75 Å². The maximum atomic E-state index is 11.9. The Kier molecular flexibility index (Phi) is 5.10. The first-order valence-corrected chi connectivity index (χ1v) is 7.07. The molecule has 1 aliphatic heterocycles. The van der Waals surface area contributed by atoms with Gasteiger partial charge in [-0.2, -0.15) is 0 Å². The maximum absolute atomic E-state index is 11.9. The Bertz CT molecular complexity index is 527. The summed E-state index contributed by atoms with van der Waals surface area (Å²) in [6.45, 7) is 0.969. The van der Waals surface area contributed by atoms with Gasteiger partial charge in [0.25, 0.3) is 5.69 Å². The maximum Gasteiger partial charge on any atom is 0.296 e. The van der Waals surface area contributed by atoms with E-state index in [4.69, 9.17) is 0 Å². The number of hydrogen-bond acceptors (Lipinski definition) is 5. The quantitative estimate of drug-likeness (QED) is 0.438. The fourth-order valence-corrected chi connectivity index (χ4v) is 2.49. The number of aromatic hydroxyl groups is 1. The number of nitro benzene ring substituents is 1. The number of carbonyl (C=O) groups is 1. The van der Waals surface area contributed by atoms with Crippen LogP contribution >= 0.6 is 0 Å². The Hall–Kier alpha value is -2.15. The summed E-state index contributed by atoms with van der Waals surface area (Å²) in [6.07, 6.45) is 4.32. The second-order valence-corrected chi connectivity index (χ2v) is 5.16. The molecule has 3 N–H and O–H groups in total. The van der Waals surface area contributed by atoms with E-state index in [0.29, 0.717) is 12.5 Å². The summed E-state index contributed by atoms with van der Waals surface area (Å²) in [5, 5.41) is 26.4. The molecule has 1 aromatic rings. The van der Waals surface area contributed by atoms with Crippen molar-refractivity contribution in [1.29, 1.82) is 0 Å². The summed E-state index contributed by atoms with van der Waals surface area (Å²) in [4.78, 5) is 22.2. The van der Waals surface area contributed by atoms with Crippen molar-refractivity contribution in [3.05, 3.63) is 28.3 Å². The van der Waals surface area contributed by atoms with Crippen LogP contribution in [-0.4, -0.2) is 28.5 Å². The first kappa shape index (κ1) is 15.2. The lowest BCUT2D eigenvalue weighted by Gasteiger charge is -2.23. The van der Waals surface area contributed by atoms with Crippen molar-refractivity contribution in [1.82, 2.24) is 5.32 Å². The molecule has 1 aromatic carbocycles. The fourth-order valence-electron chi connectivity index (χ4n) is 2.49. The second kappa shape index (κ2) is 7.03. The molecule has 2 rings (SSSR count). The van der Waals surface area contributed by atoms with Crippen LogP contribution in [0.15, 0.2) is 18.2 Å². The zero-order chi connectivity index (χ0) is 15.2. The Labute approximate surface area is 122 Å². The van der Waals surface area contributed by atoms with E-state index in [1.807, 2.05) is 0 Å². The van der Waals surface area contributed by atoms with Gasteiger partial charge >= 0.3 is 0 Å². The zero-order valence-corrected chi connectivity index (χ0v) is 11.7. The van der Waals surface area contributed by atoms with Gasteiger partial charge in [-0.1, -0.05) is 12.5 Å². The number of para-hydroxylation sites is 1. The normalized spacial score (nSPS) is 18.2. The SMILES string of the molecule is O=C(CCC1CCCCN1)Nc1c(O)cccc1[N+](=O)[O-]. The molecule has 0 saturated carbocycles. The van der Waals surface area contributed by atoms with E-state index in [9.17, 15) is 20.0 Å². The summed E-state index contributed by atoms with van der Waals surface area (Å²) in [7, 11) is 0. The van der Waals surface area contributed by atoms with Gasteiger partial charge < -0.3 is 15.7 Å². The Balaban J connectivity index is 1.94. The van der Waals surface area contributed by atoms with Gasteiger partial charge in [0.05, 0.1) is 4.92 Å². The third kappa shape index (κ3) is 4.16. The molecule has 0 radical (unpaired) electrons. The number of rotatable bonds is 5. The van der Waals surface area contributed by atoms with Crippen LogP contribution in [0.3, 0.4) is 0 Å². The first-order valence-electron chi connectivity index (χ1n) is 7.07. The number of nitrogens with zero attached hydrogens (tertiary/aromatic N) is 1. The molecule has 1 saturated heterocycles. The second-order valence-electron chi connectivity index (χ2n) is 5.16. The van der Waals surface area contributed by atoms with Gasteiger partial charge in [-0.05, 0) is 31.9 Å². The highest BCUT2D eigenvalue weighted by molar-refractivity contribution is 5.94. The number of phenolic OH excluding ortho intramolecular Hbond substituents is 1. The predicted octanol–water partition coefficient (Wildman–Crippen LogP) is 2.16. The van der Waals surface area contributed by atoms with Crippen LogP contribution in [-0.2, 0) is 4.79 Å². The Morgan fingerprint density at radius 3 is 2.95 bits per heavy atom. The summed E-state index contributed by atoms with van der Waals surface area (Å²) in [6, 6.07) is 4.25. The van der Waals surface area contributed by atoms with Crippen LogP contribution in [0.5, 0.6) is 5.75 Å². The Morgan fingerprint density at radius 2 is 2.29 bits per heavy atom. The molecule has 0 aliphatic carbocycles. The number of nitrogens with one attached hydrogen (secondary N) is 2. The molecule has 0 aromatic heterocycles. The molecular weight excluding hydrogens is 274 g/mol. The lowest BCUT2D eigenvalue weighted by Crippen LogP contribution is -2.34. The average molecular weight is 293 g/mol. The molecule has 1 amide bonds. The molecule has 1 atom stereocenters. The van der Waals surface area contributed by atoms with Crippen molar-refractivity contribution < 1.29 is 14.8 Å². The van der Waals surface area contributed by atoms with Crippen LogP contribution in [0.2, 0.25) is 0 Å². The van der Waals surface area contributed by atoms with Crippen molar-refractivity contribution in [2.45, 2.75) is 38.1 Å². The van der Waals surface area contributed by atoms with Crippen LogP contribution < -0.4 is 10.6 Å². The average Bonchev–Trinajstić information content (AvgIpc) is 2.48. The molecule has 1 heterocycles. The molecule has 1 fully saturated rings. The van der Waals surface area contributed by atoms with E-state index >= 15 is 0 Å². The lowest BCUT2D eigenvalue weighted by atomic mass is 10.0. The van der Waals surface area contributed by atoms with Crippen molar-refractivity contribution in [3.8, 4) is 5.75 Å². The third-order valence-electron chi connectivity index (χ3n) is 3.61. The molecule has 0 spiro atoms. The summed E-state index contributed by atoms with van der Waals surface area (Å²) >= 11 is 0. The number of carbonyl (C=O) groups excluding carboxylic acids is 1.